The van der Waals surface area contributed by atoms with E-state index in [1.54, 1.807) is 24.3 Å². The lowest BCUT2D eigenvalue weighted by atomic mass is 10.1. The zero-order valence-electron chi connectivity index (χ0n) is 15.6. The number of hydrogen-bond donors (Lipinski definition) is 3. The van der Waals surface area contributed by atoms with Crippen LogP contribution in [0.2, 0.25) is 0 Å². The lowest BCUT2D eigenvalue weighted by molar-refractivity contribution is 0.0943. The highest BCUT2D eigenvalue weighted by atomic mass is 32.1. The Bertz CT molecular complexity index is 776. The first kappa shape index (κ1) is 19.7. The Morgan fingerprint density at radius 2 is 2.00 bits per heavy atom. The molecule has 1 amide bonds. The molecule has 3 N–H and O–H groups in total. The van der Waals surface area contributed by atoms with Crippen molar-refractivity contribution in [1.29, 1.82) is 0 Å². The third-order valence-corrected chi connectivity index (χ3v) is 3.64. The normalized spacial score (nSPS) is 11.0. The first-order valence-electron chi connectivity index (χ1n) is 8.19. The maximum Gasteiger partial charge on any atom is 0.269 e. The second kappa shape index (κ2) is 8.18. The van der Waals surface area contributed by atoms with Gasteiger partial charge in [-0.05, 0) is 65.0 Å². The molecule has 1 aromatic heterocycles. The molecule has 2 rings (SSSR count). The topological polar surface area (TPSA) is 88.4 Å². The largest absolute Gasteiger partial charge is 0.489 e. The lowest BCUT2D eigenvalue weighted by Gasteiger charge is -2.23. The number of carbonyl (C=O) groups is 1. The van der Waals surface area contributed by atoms with Crippen LogP contribution in [0, 0.1) is 13.8 Å². The molecule has 8 heteroatoms. The molecule has 2 aromatic rings. The van der Waals surface area contributed by atoms with Gasteiger partial charge in [0.05, 0.1) is 11.3 Å². The zero-order chi connectivity index (χ0) is 19.3. The molecule has 1 heterocycles. The van der Waals surface area contributed by atoms with Gasteiger partial charge in [-0.1, -0.05) is 11.2 Å². The molecule has 0 saturated heterocycles. The van der Waals surface area contributed by atoms with Crippen molar-refractivity contribution in [3.63, 3.8) is 0 Å². The van der Waals surface area contributed by atoms with Crippen molar-refractivity contribution in [3.05, 3.63) is 46.8 Å². The standard InChI is InChI=1S/C18H24N4O3S/c1-11-15(12(2)25-22-11)10-24-14-8-6-7-13(9-14)16(23)20-21-17(26)19-18(3,4)5/h6-9H,10H2,1-5H3,(H,20,23)(H2,19,21,26). The van der Waals surface area contributed by atoms with Crippen LogP contribution >= 0.6 is 12.2 Å². The number of benzene rings is 1. The van der Waals surface area contributed by atoms with Crippen LogP contribution in [-0.2, 0) is 6.61 Å². The van der Waals surface area contributed by atoms with Gasteiger partial charge in [0.15, 0.2) is 5.11 Å². The van der Waals surface area contributed by atoms with E-state index in [1.165, 1.54) is 0 Å². The van der Waals surface area contributed by atoms with E-state index >= 15 is 0 Å². The van der Waals surface area contributed by atoms with Crippen molar-refractivity contribution in [2.75, 3.05) is 0 Å². The minimum Gasteiger partial charge on any atom is -0.489 e. The molecule has 0 radical (unpaired) electrons. The number of aryl methyl sites for hydroxylation is 2. The van der Waals surface area contributed by atoms with E-state index in [0.29, 0.717) is 23.0 Å². The fourth-order valence-corrected chi connectivity index (χ4v) is 2.51. The van der Waals surface area contributed by atoms with E-state index in [1.807, 2.05) is 34.6 Å². The van der Waals surface area contributed by atoms with Crippen LogP contribution in [0.1, 0.15) is 48.1 Å². The summed E-state index contributed by atoms with van der Waals surface area (Å²) in [4.78, 5) is 12.3. The van der Waals surface area contributed by atoms with Crippen molar-refractivity contribution < 1.29 is 14.1 Å². The van der Waals surface area contributed by atoms with E-state index in [-0.39, 0.29) is 11.4 Å². The lowest BCUT2D eigenvalue weighted by Crippen LogP contribution is -2.52. The summed E-state index contributed by atoms with van der Waals surface area (Å²) in [7, 11) is 0. The number of ether oxygens (including phenoxy) is 1. The van der Waals surface area contributed by atoms with E-state index in [4.69, 9.17) is 21.5 Å². The van der Waals surface area contributed by atoms with Gasteiger partial charge in [0.1, 0.15) is 18.1 Å². The van der Waals surface area contributed by atoms with E-state index in [0.717, 1.165) is 17.0 Å². The number of nitrogens with zero attached hydrogens (tertiary/aromatic N) is 1. The number of rotatable bonds is 4. The summed E-state index contributed by atoms with van der Waals surface area (Å²) in [5.74, 6) is 0.986. The Morgan fingerprint density at radius 3 is 2.62 bits per heavy atom. The summed E-state index contributed by atoms with van der Waals surface area (Å²) in [5, 5.41) is 7.29. The third kappa shape index (κ3) is 5.73. The molecule has 0 aliphatic carbocycles. The van der Waals surface area contributed by atoms with Gasteiger partial charge < -0.3 is 14.6 Å². The van der Waals surface area contributed by atoms with Crippen LogP contribution in [0.25, 0.3) is 0 Å². The Kier molecular flexibility index (Phi) is 6.20. The minimum atomic E-state index is -0.314. The Labute approximate surface area is 158 Å². The SMILES string of the molecule is Cc1noc(C)c1COc1cccc(C(=O)NNC(=S)NC(C)(C)C)c1. The molecule has 0 aliphatic heterocycles. The fraction of sp³-hybridized carbons (Fsp3) is 0.389. The van der Waals surface area contributed by atoms with Crippen molar-refractivity contribution in [2.24, 2.45) is 0 Å². The molecule has 7 nitrogen and oxygen atoms in total. The fourth-order valence-electron chi connectivity index (χ4n) is 2.15. The maximum atomic E-state index is 12.3. The second-order valence-corrected chi connectivity index (χ2v) is 7.31. The summed E-state index contributed by atoms with van der Waals surface area (Å²) >= 11 is 5.13. The summed E-state index contributed by atoms with van der Waals surface area (Å²) in [6.07, 6.45) is 0. The number of carbonyl (C=O) groups excluding carboxylic acids is 1. The van der Waals surface area contributed by atoms with Crippen molar-refractivity contribution >= 4 is 23.2 Å². The van der Waals surface area contributed by atoms with Crippen LogP contribution < -0.4 is 20.9 Å². The Hall–Kier alpha value is -2.61. The van der Waals surface area contributed by atoms with E-state index in [9.17, 15) is 4.79 Å². The number of amides is 1. The van der Waals surface area contributed by atoms with Gasteiger partial charge in [0, 0.05) is 11.1 Å². The molecule has 0 fully saturated rings. The highest BCUT2D eigenvalue weighted by molar-refractivity contribution is 7.80. The number of hydrogen-bond acceptors (Lipinski definition) is 5. The summed E-state index contributed by atoms with van der Waals surface area (Å²) < 4.78 is 10.9. The van der Waals surface area contributed by atoms with Gasteiger partial charge in [0.2, 0.25) is 0 Å². The molecule has 0 saturated carbocycles. The molecular formula is C18H24N4O3S. The van der Waals surface area contributed by atoms with E-state index in [2.05, 4.69) is 21.3 Å². The van der Waals surface area contributed by atoms with Crippen LogP contribution in [0.4, 0.5) is 0 Å². The maximum absolute atomic E-state index is 12.3. The molecule has 0 bridgehead atoms. The number of nitrogens with one attached hydrogen (secondary N) is 3. The average Bonchev–Trinajstić information content (AvgIpc) is 2.88. The first-order valence-corrected chi connectivity index (χ1v) is 8.59. The van der Waals surface area contributed by atoms with Gasteiger partial charge in [-0.25, -0.2) is 0 Å². The summed E-state index contributed by atoms with van der Waals surface area (Å²) in [5.41, 5.74) is 7.20. The van der Waals surface area contributed by atoms with Gasteiger partial charge in [-0.2, -0.15) is 0 Å². The molecule has 140 valence electrons. The van der Waals surface area contributed by atoms with Crippen LogP contribution in [0.15, 0.2) is 28.8 Å². The van der Waals surface area contributed by atoms with Crippen molar-refractivity contribution in [1.82, 2.24) is 21.3 Å². The van der Waals surface area contributed by atoms with Crippen molar-refractivity contribution in [2.45, 2.75) is 46.8 Å². The second-order valence-electron chi connectivity index (χ2n) is 6.90. The summed E-state index contributed by atoms with van der Waals surface area (Å²) in [6, 6.07) is 6.90. The predicted octanol–water partition coefficient (Wildman–Crippen LogP) is 2.78. The molecule has 26 heavy (non-hydrogen) atoms. The Morgan fingerprint density at radius 1 is 1.27 bits per heavy atom. The summed E-state index contributed by atoms with van der Waals surface area (Å²) in [6.45, 7) is 9.94. The molecular weight excluding hydrogens is 352 g/mol. The van der Waals surface area contributed by atoms with Crippen LogP contribution in [0.3, 0.4) is 0 Å². The number of thiocarbonyl (C=S) groups is 1. The third-order valence-electron chi connectivity index (χ3n) is 3.44. The van der Waals surface area contributed by atoms with Crippen LogP contribution in [-0.4, -0.2) is 21.7 Å². The highest BCUT2D eigenvalue weighted by Gasteiger charge is 2.13. The van der Waals surface area contributed by atoms with Crippen molar-refractivity contribution in [3.8, 4) is 5.75 Å². The monoisotopic (exact) mass is 376 g/mol. The zero-order valence-corrected chi connectivity index (χ0v) is 16.4. The quantitative estimate of drug-likeness (QED) is 0.558. The number of aromatic nitrogens is 1. The van der Waals surface area contributed by atoms with E-state index < -0.39 is 0 Å². The molecule has 0 atom stereocenters. The Balaban J connectivity index is 1.93. The number of hydrazine groups is 1. The van der Waals surface area contributed by atoms with Gasteiger partial charge in [0.25, 0.3) is 5.91 Å². The van der Waals surface area contributed by atoms with Gasteiger partial charge in [-0.15, -0.1) is 0 Å². The first-order chi connectivity index (χ1) is 12.2. The molecule has 0 aliphatic rings. The molecule has 1 aromatic carbocycles. The van der Waals surface area contributed by atoms with Crippen LogP contribution in [0.5, 0.6) is 5.75 Å². The minimum absolute atomic E-state index is 0.194. The molecule has 0 spiro atoms. The van der Waals surface area contributed by atoms with Gasteiger partial charge in [-0.3, -0.25) is 15.6 Å². The average molecular weight is 376 g/mol. The molecule has 0 unspecified atom stereocenters. The highest BCUT2D eigenvalue weighted by Crippen LogP contribution is 2.18. The smallest absolute Gasteiger partial charge is 0.269 e. The van der Waals surface area contributed by atoms with Gasteiger partial charge >= 0.3 is 0 Å². The predicted molar refractivity (Wildman–Crippen MR) is 103 cm³/mol.